The van der Waals surface area contributed by atoms with Crippen LogP contribution in [0, 0.1) is 0 Å². The van der Waals surface area contributed by atoms with Gasteiger partial charge in [0.2, 0.25) is 10.0 Å². The maximum absolute atomic E-state index is 11.8. The van der Waals surface area contributed by atoms with Crippen molar-refractivity contribution in [2.75, 3.05) is 30.2 Å². The van der Waals surface area contributed by atoms with Gasteiger partial charge in [-0.3, -0.25) is 0 Å². The van der Waals surface area contributed by atoms with Crippen molar-refractivity contribution < 1.29 is 8.42 Å². The molecule has 6 heteroatoms. The number of hydrogen-bond donors (Lipinski definition) is 0. The van der Waals surface area contributed by atoms with Crippen molar-refractivity contribution in [2.24, 2.45) is 0 Å². The zero-order valence-corrected chi connectivity index (χ0v) is 12.6. The van der Waals surface area contributed by atoms with E-state index in [0.717, 1.165) is 31.6 Å². The third-order valence-corrected chi connectivity index (χ3v) is 5.89. The summed E-state index contributed by atoms with van der Waals surface area (Å²) in [6.45, 7) is 1.69. The average Bonchev–Trinajstić information content (AvgIpc) is 2.47. The number of likely N-dealkylation sites (N-methyl/N-ethyl adjacent to an activating group) is 1. The molecule has 1 aromatic rings. The molecule has 1 fully saturated rings. The monoisotopic (exact) mass is 302 g/mol. The van der Waals surface area contributed by atoms with Crippen LogP contribution in [-0.2, 0) is 10.0 Å². The minimum Gasteiger partial charge on any atom is -0.370 e. The third-order valence-electron chi connectivity index (χ3n) is 3.61. The normalized spacial score (nSPS) is 20.8. The summed E-state index contributed by atoms with van der Waals surface area (Å²) in [6.07, 6.45) is 1.87. The Morgan fingerprint density at radius 2 is 2.05 bits per heavy atom. The van der Waals surface area contributed by atoms with Gasteiger partial charge >= 0.3 is 0 Å². The van der Waals surface area contributed by atoms with Crippen LogP contribution < -0.4 is 4.90 Å². The van der Waals surface area contributed by atoms with Crippen molar-refractivity contribution >= 4 is 27.3 Å². The Labute approximate surface area is 120 Å². The lowest BCUT2D eigenvalue weighted by atomic mass is 10.1. The molecule has 0 bridgehead atoms. The van der Waals surface area contributed by atoms with E-state index in [0.29, 0.717) is 0 Å². The first kappa shape index (κ1) is 14.6. The van der Waals surface area contributed by atoms with Gasteiger partial charge in [-0.2, -0.15) is 4.31 Å². The molecule has 0 saturated carbocycles. The Morgan fingerprint density at radius 1 is 1.37 bits per heavy atom. The number of sulfonamides is 1. The van der Waals surface area contributed by atoms with Gasteiger partial charge in [0.1, 0.15) is 5.21 Å². The number of hydrogen-bond acceptors (Lipinski definition) is 3. The van der Waals surface area contributed by atoms with E-state index in [1.54, 1.807) is 7.05 Å². The van der Waals surface area contributed by atoms with Crippen molar-refractivity contribution in [2.45, 2.75) is 18.9 Å². The maximum Gasteiger partial charge on any atom is 0.228 e. The van der Waals surface area contributed by atoms with Crippen LogP contribution in [0.4, 0.5) is 5.69 Å². The Morgan fingerprint density at radius 3 is 2.68 bits per heavy atom. The molecule has 1 aromatic carbocycles. The summed E-state index contributed by atoms with van der Waals surface area (Å²) < 4.78 is 25.1. The zero-order valence-electron chi connectivity index (χ0n) is 11.0. The first-order valence-corrected chi connectivity index (χ1v) is 8.50. The molecule has 2 rings (SSSR count). The second-order valence-electron chi connectivity index (χ2n) is 4.81. The lowest BCUT2D eigenvalue weighted by Gasteiger charge is -2.38. The molecule has 106 valence electrons. The molecular formula is C13H19ClN2O2S. The van der Waals surface area contributed by atoms with Crippen LogP contribution in [0.3, 0.4) is 0 Å². The van der Waals surface area contributed by atoms with Crippen LogP contribution in [-0.4, -0.2) is 44.1 Å². The number of alkyl halides is 1. The summed E-state index contributed by atoms with van der Waals surface area (Å²) in [5, 5.41) is -0.356. The summed E-state index contributed by atoms with van der Waals surface area (Å²) in [7, 11) is -1.71. The highest BCUT2D eigenvalue weighted by molar-refractivity contribution is 7.90. The predicted molar refractivity (Wildman–Crippen MR) is 79.1 cm³/mol. The van der Waals surface area contributed by atoms with Gasteiger partial charge in [-0.1, -0.05) is 18.2 Å². The molecule has 1 heterocycles. The number of benzene rings is 1. The number of para-hydroxylation sites is 1. The van der Waals surface area contributed by atoms with Gasteiger partial charge in [-0.25, -0.2) is 8.42 Å². The van der Waals surface area contributed by atoms with E-state index < -0.39 is 10.0 Å². The molecule has 1 atom stereocenters. The standard InChI is InChI=1S/C13H19ClN2O2S/c1-15(19(17,18)11-14)13-8-5-9-16(10-13)12-6-3-2-4-7-12/h2-4,6-7,13H,5,8-11H2,1H3/t13-/m0/s1. The molecule has 0 amide bonds. The highest BCUT2D eigenvalue weighted by atomic mass is 35.5. The van der Waals surface area contributed by atoms with Crippen molar-refractivity contribution in [3.8, 4) is 0 Å². The summed E-state index contributed by atoms with van der Waals surface area (Å²) >= 11 is 5.52. The molecule has 19 heavy (non-hydrogen) atoms. The number of piperidine rings is 1. The van der Waals surface area contributed by atoms with E-state index in [9.17, 15) is 8.42 Å². The largest absolute Gasteiger partial charge is 0.370 e. The van der Waals surface area contributed by atoms with Gasteiger partial charge in [0.05, 0.1) is 0 Å². The van der Waals surface area contributed by atoms with E-state index in [1.165, 1.54) is 4.31 Å². The number of rotatable bonds is 4. The number of anilines is 1. The summed E-state index contributed by atoms with van der Waals surface area (Å²) in [6, 6.07) is 10.1. The van der Waals surface area contributed by atoms with E-state index in [-0.39, 0.29) is 11.3 Å². The fraction of sp³-hybridized carbons (Fsp3) is 0.538. The molecule has 1 aliphatic rings. The van der Waals surface area contributed by atoms with E-state index in [1.807, 2.05) is 18.2 Å². The third kappa shape index (κ3) is 3.41. The van der Waals surface area contributed by atoms with Crippen LogP contribution in [0.15, 0.2) is 30.3 Å². The minimum atomic E-state index is -3.33. The molecule has 1 aliphatic heterocycles. The Bertz CT molecular complexity index is 507. The molecule has 0 aliphatic carbocycles. The molecule has 0 unspecified atom stereocenters. The van der Waals surface area contributed by atoms with Gasteiger partial charge in [-0.15, -0.1) is 11.6 Å². The predicted octanol–water partition coefficient (Wildman–Crippen LogP) is 2.11. The van der Waals surface area contributed by atoms with Gasteiger partial charge < -0.3 is 4.90 Å². The summed E-state index contributed by atoms with van der Waals surface area (Å²) in [4.78, 5) is 2.23. The highest BCUT2D eigenvalue weighted by Crippen LogP contribution is 2.23. The van der Waals surface area contributed by atoms with Crippen LogP contribution in [0.1, 0.15) is 12.8 Å². The lowest BCUT2D eigenvalue weighted by Crippen LogP contribution is -2.48. The van der Waals surface area contributed by atoms with Crippen molar-refractivity contribution in [1.82, 2.24) is 4.31 Å². The molecular weight excluding hydrogens is 284 g/mol. The van der Waals surface area contributed by atoms with Crippen LogP contribution in [0.5, 0.6) is 0 Å². The van der Waals surface area contributed by atoms with Crippen LogP contribution in [0.25, 0.3) is 0 Å². The minimum absolute atomic E-state index is 0.00212. The Kier molecular flexibility index (Phi) is 4.71. The SMILES string of the molecule is CN([C@H]1CCCN(c2ccccc2)C1)S(=O)(=O)CCl. The second-order valence-corrected chi connectivity index (χ2v) is 7.43. The van der Waals surface area contributed by atoms with Crippen LogP contribution in [0.2, 0.25) is 0 Å². The molecule has 0 radical (unpaired) electrons. The lowest BCUT2D eigenvalue weighted by molar-refractivity contribution is 0.321. The summed E-state index contributed by atoms with van der Waals surface area (Å²) in [5.41, 5.74) is 1.14. The zero-order chi connectivity index (χ0) is 13.9. The molecule has 0 N–H and O–H groups in total. The molecule has 1 saturated heterocycles. The molecule has 4 nitrogen and oxygen atoms in total. The van der Waals surface area contributed by atoms with E-state index >= 15 is 0 Å². The quantitative estimate of drug-likeness (QED) is 0.800. The van der Waals surface area contributed by atoms with E-state index in [4.69, 9.17) is 11.6 Å². The second kappa shape index (κ2) is 6.11. The Hall–Kier alpha value is -0.780. The van der Waals surface area contributed by atoms with Crippen LogP contribution >= 0.6 is 11.6 Å². The Balaban J connectivity index is 2.10. The highest BCUT2D eigenvalue weighted by Gasteiger charge is 2.29. The molecule has 0 aromatic heterocycles. The first-order chi connectivity index (χ1) is 9.04. The molecule has 0 spiro atoms. The average molecular weight is 303 g/mol. The fourth-order valence-electron chi connectivity index (χ4n) is 2.43. The van der Waals surface area contributed by atoms with Gasteiger partial charge in [0.15, 0.2) is 0 Å². The van der Waals surface area contributed by atoms with Gasteiger partial charge in [0, 0.05) is 31.9 Å². The smallest absolute Gasteiger partial charge is 0.228 e. The topological polar surface area (TPSA) is 40.6 Å². The van der Waals surface area contributed by atoms with Gasteiger partial charge in [-0.05, 0) is 25.0 Å². The first-order valence-electron chi connectivity index (χ1n) is 6.36. The van der Waals surface area contributed by atoms with Crippen molar-refractivity contribution in [3.05, 3.63) is 30.3 Å². The fourth-order valence-corrected chi connectivity index (χ4v) is 3.67. The van der Waals surface area contributed by atoms with Crippen molar-refractivity contribution in [1.29, 1.82) is 0 Å². The number of nitrogens with zero attached hydrogens (tertiary/aromatic N) is 2. The summed E-state index contributed by atoms with van der Waals surface area (Å²) in [5.74, 6) is 0. The van der Waals surface area contributed by atoms with E-state index in [2.05, 4.69) is 17.0 Å². The van der Waals surface area contributed by atoms with Crippen molar-refractivity contribution in [3.63, 3.8) is 0 Å². The number of halogens is 1. The maximum atomic E-state index is 11.8. The van der Waals surface area contributed by atoms with Gasteiger partial charge in [0.25, 0.3) is 0 Å².